The van der Waals surface area contributed by atoms with Crippen LogP contribution in [0.15, 0.2) is 48.7 Å². The Morgan fingerprint density at radius 2 is 1.66 bits per heavy atom. The smallest absolute Gasteiger partial charge is 0.254 e. The molecule has 0 bridgehead atoms. The molecule has 0 saturated heterocycles. The quantitative estimate of drug-likeness (QED) is 0.512. The second kappa shape index (κ2) is 12.0. The van der Waals surface area contributed by atoms with Crippen molar-refractivity contribution in [3.8, 4) is 0 Å². The second-order valence-corrected chi connectivity index (χ2v) is 6.86. The molecule has 2 rings (SSSR count). The lowest BCUT2D eigenvalue weighted by Crippen LogP contribution is -2.44. The Bertz CT molecular complexity index is 760. The molecule has 0 fully saturated rings. The molecule has 1 aromatic heterocycles. The van der Waals surface area contributed by atoms with Gasteiger partial charge in [-0.15, -0.1) is 0 Å². The fourth-order valence-electron chi connectivity index (χ4n) is 3.03. The zero-order valence-corrected chi connectivity index (χ0v) is 17.5. The normalized spacial score (nSPS) is 10.7. The molecule has 29 heavy (non-hydrogen) atoms. The number of carbonyl (C=O) groups excluding carboxylic acids is 2. The van der Waals surface area contributed by atoms with Crippen LogP contribution >= 0.6 is 0 Å². The van der Waals surface area contributed by atoms with Gasteiger partial charge in [0.05, 0.1) is 13.2 Å². The summed E-state index contributed by atoms with van der Waals surface area (Å²) in [5.74, 6) is -0.259. The Hall–Kier alpha value is -2.64. The molecule has 1 aromatic carbocycles. The van der Waals surface area contributed by atoms with Crippen molar-refractivity contribution in [3.05, 3.63) is 59.9 Å². The monoisotopic (exact) mass is 401 g/mol. The SMILES string of the molecule is COCCCN(CC(=O)N(CCOC)Cc1cccn1C)C(=O)c1ccccc1. The average Bonchev–Trinajstić information content (AvgIpc) is 3.14. The van der Waals surface area contributed by atoms with Gasteiger partial charge in [0, 0.05) is 58.4 Å². The van der Waals surface area contributed by atoms with Gasteiger partial charge in [0.25, 0.3) is 5.91 Å². The van der Waals surface area contributed by atoms with E-state index in [-0.39, 0.29) is 18.4 Å². The molecule has 0 aliphatic carbocycles. The predicted octanol–water partition coefficient (Wildman–Crippen LogP) is 2.18. The van der Waals surface area contributed by atoms with E-state index in [1.54, 1.807) is 36.2 Å². The summed E-state index contributed by atoms with van der Waals surface area (Å²) in [5, 5.41) is 0. The van der Waals surface area contributed by atoms with Crippen LogP contribution in [-0.4, -0.2) is 73.2 Å². The third-order valence-corrected chi connectivity index (χ3v) is 4.73. The maximum Gasteiger partial charge on any atom is 0.254 e. The number of carbonyl (C=O) groups is 2. The number of rotatable bonds is 12. The minimum absolute atomic E-state index is 0.0194. The Balaban J connectivity index is 2.12. The largest absolute Gasteiger partial charge is 0.385 e. The van der Waals surface area contributed by atoms with Crippen LogP contribution in [0.2, 0.25) is 0 Å². The van der Waals surface area contributed by atoms with Gasteiger partial charge in [0.2, 0.25) is 5.91 Å². The summed E-state index contributed by atoms with van der Waals surface area (Å²) in [6, 6.07) is 13.0. The number of hydrogen-bond acceptors (Lipinski definition) is 4. The topological polar surface area (TPSA) is 64.0 Å². The number of hydrogen-bond donors (Lipinski definition) is 0. The zero-order chi connectivity index (χ0) is 21.1. The average molecular weight is 402 g/mol. The Morgan fingerprint density at radius 1 is 0.931 bits per heavy atom. The minimum Gasteiger partial charge on any atom is -0.385 e. The van der Waals surface area contributed by atoms with Gasteiger partial charge in [-0.2, -0.15) is 0 Å². The van der Waals surface area contributed by atoms with E-state index < -0.39 is 0 Å². The first-order chi connectivity index (χ1) is 14.1. The molecule has 2 amide bonds. The molecule has 0 unspecified atom stereocenters. The van der Waals surface area contributed by atoms with Crippen LogP contribution in [0.4, 0.5) is 0 Å². The van der Waals surface area contributed by atoms with E-state index in [2.05, 4.69) is 0 Å². The Morgan fingerprint density at radius 3 is 2.28 bits per heavy atom. The summed E-state index contributed by atoms with van der Waals surface area (Å²) in [6.45, 7) is 2.38. The van der Waals surface area contributed by atoms with E-state index in [0.29, 0.717) is 44.8 Å². The van der Waals surface area contributed by atoms with Crippen molar-refractivity contribution in [2.45, 2.75) is 13.0 Å². The number of nitrogens with zero attached hydrogens (tertiary/aromatic N) is 3. The fraction of sp³-hybridized carbons (Fsp3) is 0.455. The number of amides is 2. The molecule has 0 radical (unpaired) electrons. The molecule has 2 aromatic rings. The van der Waals surface area contributed by atoms with Gasteiger partial charge < -0.3 is 23.8 Å². The van der Waals surface area contributed by atoms with E-state index in [1.165, 1.54) is 0 Å². The highest BCUT2D eigenvalue weighted by Crippen LogP contribution is 2.10. The summed E-state index contributed by atoms with van der Waals surface area (Å²) in [5.41, 5.74) is 1.60. The molecule has 0 spiro atoms. The highest BCUT2D eigenvalue weighted by molar-refractivity contribution is 5.96. The van der Waals surface area contributed by atoms with E-state index in [9.17, 15) is 9.59 Å². The van der Waals surface area contributed by atoms with Crippen molar-refractivity contribution < 1.29 is 19.1 Å². The molecular weight excluding hydrogens is 370 g/mol. The molecule has 7 nitrogen and oxygen atoms in total. The maximum atomic E-state index is 13.1. The Labute approximate surface area is 172 Å². The summed E-state index contributed by atoms with van der Waals surface area (Å²) in [6.07, 6.45) is 2.61. The van der Waals surface area contributed by atoms with E-state index in [1.807, 2.05) is 48.1 Å². The summed E-state index contributed by atoms with van der Waals surface area (Å²) < 4.78 is 12.3. The summed E-state index contributed by atoms with van der Waals surface area (Å²) in [4.78, 5) is 29.4. The number of benzene rings is 1. The first-order valence-corrected chi connectivity index (χ1v) is 9.77. The van der Waals surface area contributed by atoms with Gasteiger partial charge in [0.1, 0.15) is 6.54 Å². The highest BCUT2D eigenvalue weighted by atomic mass is 16.5. The van der Waals surface area contributed by atoms with Gasteiger partial charge in [-0.05, 0) is 30.7 Å². The predicted molar refractivity (Wildman–Crippen MR) is 112 cm³/mol. The standard InChI is InChI=1S/C22H31N3O4/c1-23-12-7-11-20(23)17-24(14-16-29-3)21(26)18-25(13-8-15-28-2)22(27)19-9-5-4-6-10-19/h4-7,9-12H,8,13-18H2,1-3H3. The molecule has 0 atom stereocenters. The molecule has 0 aliphatic rings. The summed E-state index contributed by atoms with van der Waals surface area (Å²) >= 11 is 0. The number of aryl methyl sites for hydroxylation is 1. The lowest BCUT2D eigenvalue weighted by Gasteiger charge is -2.28. The van der Waals surface area contributed by atoms with Gasteiger partial charge in [-0.25, -0.2) is 0 Å². The lowest BCUT2D eigenvalue weighted by molar-refractivity contribution is -0.133. The number of aromatic nitrogens is 1. The van der Waals surface area contributed by atoms with Gasteiger partial charge in [0.15, 0.2) is 0 Å². The highest BCUT2D eigenvalue weighted by Gasteiger charge is 2.22. The molecule has 1 heterocycles. The van der Waals surface area contributed by atoms with Gasteiger partial charge in [-0.1, -0.05) is 18.2 Å². The van der Waals surface area contributed by atoms with Crippen LogP contribution in [0.5, 0.6) is 0 Å². The van der Waals surface area contributed by atoms with Crippen LogP contribution in [0.3, 0.4) is 0 Å². The van der Waals surface area contributed by atoms with Crippen molar-refractivity contribution in [3.63, 3.8) is 0 Å². The maximum absolute atomic E-state index is 13.1. The van der Waals surface area contributed by atoms with Crippen molar-refractivity contribution >= 4 is 11.8 Å². The lowest BCUT2D eigenvalue weighted by atomic mass is 10.2. The van der Waals surface area contributed by atoms with Crippen molar-refractivity contribution in [2.75, 3.05) is 47.1 Å². The van der Waals surface area contributed by atoms with E-state index in [0.717, 1.165) is 5.69 Å². The summed E-state index contributed by atoms with van der Waals surface area (Å²) in [7, 11) is 5.19. The van der Waals surface area contributed by atoms with Gasteiger partial charge in [-0.3, -0.25) is 9.59 Å². The van der Waals surface area contributed by atoms with E-state index in [4.69, 9.17) is 9.47 Å². The minimum atomic E-state index is -0.152. The van der Waals surface area contributed by atoms with Gasteiger partial charge >= 0.3 is 0 Å². The first-order valence-electron chi connectivity index (χ1n) is 9.77. The molecule has 0 aliphatic heterocycles. The van der Waals surface area contributed by atoms with Crippen LogP contribution in [0, 0.1) is 0 Å². The van der Waals surface area contributed by atoms with Crippen molar-refractivity contribution in [1.82, 2.24) is 14.4 Å². The van der Waals surface area contributed by atoms with Crippen LogP contribution in [0.25, 0.3) is 0 Å². The van der Waals surface area contributed by atoms with Crippen LogP contribution in [-0.2, 0) is 27.9 Å². The number of methoxy groups -OCH3 is 2. The fourth-order valence-corrected chi connectivity index (χ4v) is 3.03. The Kier molecular flexibility index (Phi) is 9.40. The second-order valence-electron chi connectivity index (χ2n) is 6.86. The third-order valence-electron chi connectivity index (χ3n) is 4.73. The zero-order valence-electron chi connectivity index (χ0n) is 17.5. The molecule has 0 saturated carbocycles. The molecule has 7 heteroatoms. The van der Waals surface area contributed by atoms with E-state index >= 15 is 0 Å². The van der Waals surface area contributed by atoms with Crippen molar-refractivity contribution in [1.29, 1.82) is 0 Å². The first kappa shape index (κ1) is 22.6. The number of ether oxygens (including phenoxy) is 2. The third kappa shape index (κ3) is 7.03. The molecule has 0 N–H and O–H groups in total. The van der Waals surface area contributed by atoms with Crippen LogP contribution in [0.1, 0.15) is 22.5 Å². The molecular formula is C22H31N3O4. The molecule has 158 valence electrons. The van der Waals surface area contributed by atoms with Crippen molar-refractivity contribution in [2.24, 2.45) is 7.05 Å². The van der Waals surface area contributed by atoms with Crippen LogP contribution < -0.4 is 0 Å².